The normalized spacial score (nSPS) is 28.8. The molecule has 1 aliphatic rings. The van der Waals surface area contributed by atoms with Gasteiger partial charge in [0, 0.05) is 19.4 Å². The van der Waals surface area contributed by atoms with Crippen molar-refractivity contribution in [3.05, 3.63) is 11.5 Å². The first-order valence-electron chi connectivity index (χ1n) is 6.01. The Hall–Kier alpha value is -1.07. The Kier molecular flexibility index (Phi) is 4.76. The molecule has 2 atom stereocenters. The van der Waals surface area contributed by atoms with Gasteiger partial charge < -0.3 is 18.9 Å². The van der Waals surface area contributed by atoms with Crippen molar-refractivity contribution in [3.63, 3.8) is 0 Å². The molecule has 0 bridgehead atoms. The molecule has 0 aromatic carbocycles. The summed E-state index contributed by atoms with van der Waals surface area (Å²) >= 11 is 0. The van der Waals surface area contributed by atoms with Crippen LogP contribution in [0.3, 0.4) is 0 Å². The number of ether oxygens (including phenoxy) is 4. The molecule has 0 aromatic rings. The van der Waals surface area contributed by atoms with Gasteiger partial charge in [0.05, 0.1) is 20.3 Å². The number of ketones is 1. The Morgan fingerprint density at radius 3 is 2.22 bits per heavy atom. The number of methoxy groups -OCH3 is 3. The van der Waals surface area contributed by atoms with Crippen molar-refractivity contribution in [2.45, 2.75) is 39.1 Å². The number of rotatable bonds is 5. The van der Waals surface area contributed by atoms with Gasteiger partial charge in [-0.15, -0.1) is 0 Å². The molecule has 5 heteroatoms. The standard InChI is InChI=1S/C13H22O5/c1-8(2)18-13(17-6)9(3)7-10(14)11(15-4)12(13)16-5/h8-9H,7H2,1-6H3. The van der Waals surface area contributed by atoms with E-state index in [2.05, 4.69) is 0 Å². The van der Waals surface area contributed by atoms with E-state index in [-0.39, 0.29) is 23.6 Å². The van der Waals surface area contributed by atoms with Crippen molar-refractivity contribution in [2.75, 3.05) is 21.3 Å². The maximum Gasteiger partial charge on any atom is 0.234 e. The highest BCUT2D eigenvalue weighted by Crippen LogP contribution is 2.41. The first-order chi connectivity index (χ1) is 8.42. The summed E-state index contributed by atoms with van der Waals surface area (Å²) in [7, 11) is 4.47. The third-order valence-corrected chi connectivity index (χ3v) is 3.04. The average molecular weight is 258 g/mol. The lowest BCUT2D eigenvalue weighted by Crippen LogP contribution is -2.50. The van der Waals surface area contributed by atoms with E-state index in [0.717, 1.165) is 0 Å². The third-order valence-electron chi connectivity index (χ3n) is 3.04. The fourth-order valence-electron chi connectivity index (χ4n) is 2.32. The highest BCUT2D eigenvalue weighted by atomic mass is 16.7. The van der Waals surface area contributed by atoms with E-state index in [1.807, 2.05) is 20.8 Å². The Morgan fingerprint density at radius 2 is 1.83 bits per heavy atom. The lowest BCUT2D eigenvalue weighted by Gasteiger charge is -2.42. The molecule has 0 aromatic heterocycles. The monoisotopic (exact) mass is 258 g/mol. The Labute approximate surface area is 108 Å². The van der Waals surface area contributed by atoms with Crippen molar-refractivity contribution in [1.29, 1.82) is 0 Å². The van der Waals surface area contributed by atoms with Gasteiger partial charge in [-0.1, -0.05) is 6.92 Å². The van der Waals surface area contributed by atoms with E-state index >= 15 is 0 Å². The molecule has 0 aliphatic heterocycles. The first kappa shape index (κ1) is 15.0. The fraction of sp³-hybridized carbons (Fsp3) is 0.769. The van der Waals surface area contributed by atoms with Crippen molar-refractivity contribution >= 4 is 5.78 Å². The molecule has 0 saturated carbocycles. The summed E-state index contributed by atoms with van der Waals surface area (Å²) in [6, 6.07) is 0. The molecular weight excluding hydrogens is 236 g/mol. The molecule has 1 rings (SSSR count). The molecule has 1 aliphatic carbocycles. The van der Waals surface area contributed by atoms with Crippen molar-refractivity contribution in [3.8, 4) is 0 Å². The van der Waals surface area contributed by atoms with Gasteiger partial charge in [-0.05, 0) is 13.8 Å². The van der Waals surface area contributed by atoms with Crippen LogP contribution in [0.15, 0.2) is 11.5 Å². The summed E-state index contributed by atoms with van der Waals surface area (Å²) in [5.74, 6) is -0.821. The molecule has 2 unspecified atom stereocenters. The van der Waals surface area contributed by atoms with Crippen LogP contribution >= 0.6 is 0 Å². The fourth-order valence-corrected chi connectivity index (χ4v) is 2.32. The Bertz CT molecular complexity index is 347. The van der Waals surface area contributed by atoms with Crippen LogP contribution in [0.2, 0.25) is 0 Å². The number of hydrogen-bond acceptors (Lipinski definition) is 5. The van der Waals surface area contributed by atoms with E-state index in [1.54, 1.807) is 7.11 Å². The summed E-state index contributed by atoms with van der Waals surface area (Å²) < 4.78 is 21.9. The summed E-state index contributed by atoms with van der Waals surface area (Å²) in [4.78, 5) is 11.9. The predicted octanol–water partition coefficient (Wildman–Crippen LogP) is 1.87. The van der Waals surface area contributed by atoms with Gasteiger partial charge in [0.2, 0.25) is 23.1 Å². The highest BCUT2D eigenvalue weighted by Gasteiger charge is 2.51. The second-order valence-electron chi connectivity index (χ2n) is 4.63. The number of hydrogen-bond donors (Lipinski definition) is 0. The molecule has 104 valence electrons. The minimum absolute atomic E-state index is 0.0659. The largest absolute Gasteiger partial charge is 0.492 e. The lowest BCUT2D eigenvalue weighted by molar-refractivity contribution is -0.265. The Morgan fingerprint density at radius 1 is 1.22 bits per heavy atom. The Balaban J connectivity index is 3.34. The van der Waals surface area contributed by atoms with Gasteiger partial charge >= 0.3 is 0 Å². The smallest absolute Gasteiger partial charge is 0.234 e. The van der Waals surface area contributed by atoms with Gasteiger partial charge in [-0.3, -0.25) is 4.79 Å². The zero-order valence-corrected chi connectivity index (χ0v) is 11.9. The van der Waals surface area contributed by atoms with Crippen molar-refractivity contribution in [2.24, 2.45) is 5.92 Å². The van der Waals surface area contributed by atoms with Crippen LogP contribution in [0, 0.1) is 5.92 Å². The van der Waals surface area contributed by atoms with Gasteiger partial charge in [0.25, 0.3) is 0 Å². The van der Waals surface area contributed by atoms with Crippen LogP contribution in [0.5, 0.6) is 0 Å². The summed E-state index contributed by atoms with van der Waals surface area (Å²) in [5, 5.41) is 0. The van der Waals surface area contributed by atoms with Gasteiger partial charge in [-0.2, -0.15) is 0 Å². The van der Waals surface area contributed by atoms with Gasteiger partial charge in [0.1, 0.15) is 0 Å². The predicted molar refractivity (Wildman–Crippen MR) is 65.8 cm³/mol. The molecule has 0 radical (unpaired) electrons. The zero-order valence-electron chi connectivity index (χ0n) is 11.9. The number of Topliss-reactive ketones (excluding diaryl/α,β-unsaturated/α-hetero) is 1. The molecule has 0 fully saturated rings. The summed E-state index contributed by atoms with van der Waals surface area (Å²) in [6.07, 6.45) is 0.236. The molecule has 18 heavy (non-hydrogen) atoms. The van der Waals surface area contributed by atoms with Crippen molar-refractivity contribution < 1.29 is 23.7 Å². The number of allylic oxidation sites excluding steroid dienone is 1. The second kappa shape index (κ2) is 5.71. The van der Waals surface area contributed by atoms with E-state index in [0.29, 0.717) is 12.2 Å². The van der Waals surface area contributed by atoms with Crippen LogP contribution < -0.4 is 0 Å². The molecule has 0 N–H and O–H groups in total. The minimum Gasteiger partial charge on any atom is -0.492 e. The number of carbonyl (C=O) groups is 1. The maximum atomic E-state index is 11.9. The highest BCUT2D eigenvalue weighted by molar-refractivity contribution is 5.95. The van der Waals surface area contributed by atoms with Crippen LogP contribution in [0.25, 0.3) is 0 Å². The molecule has 5 nitrogen and oxygen atoms in total. The summed E-state index contributed by atoms with van der Waals surface area (Å²) in [6.45, 7) is 5.71. The molecular formula is C13H22O5. The first-order valence-corrected chi connectivity index (χ1v) is 6.01. The lowest BCUT2D eigenvalue weighted by atomic mass is 9.86. The van der Waals surface area contributed by atoms with E-state index in [4.69, 9.17) is 18.9 Å². The summed E-state index contributed by atoms with van der Waals surface area (Å²) in [5.41, 5.74) is 0. The van der Waals surface area contributed by atoms with Crippen LogP contribution in [0.1, 0.15) is 27.2 Å². The molecule has 0 saturated heterocycles. The molecule has 0 amide bonds. The zero-order chi connectivity index (χ0) is 13.9. The van der Waals surface area contributed by atoms with Gasteiger partial charge in [0.15, 0.2) is 0 Å². The third kappa shape index (κ3) is 2.37. The topological polar surface area (TPSA) is 54.0 Å². The van der Waals surface area contributed by atoms with Crippen molar-refractivity contribution in [1.82, 2.24) is 0 Å². The average Bonchev–Trinajstić information content (AvgIpc) is 2.31. The van der Waals surface area contributed by atoms with Crippen LogP contribution in [0.4, 0.5) is 0 Å². The number of carbonyl (C=O) groups excluding carboxylic acids is 1. The second-order valence-corrected chi connectivity index (χ2v) is 4.63. The van der Waals surface area contributed by atoms with Crippen LogP contribution in [-0.4, -0.2) is 39.0 Å². The molecule has 0 spiro atoms. The van der Waals surface area contributed by atoms with E-state index < -0.39 is 5.79 Å². The van der Waals surface area contributed by atoms with Gasteiger partial charge in [-0.25, -0.2) is 0 Å². The van der Waals surface area contributed by atoms with Crippen LogP contribution in [-0.2, 0) is 23.7 Å². The maximum absolute atomic E-state index is 11.9. The SMILES string of the molecule is COC1=C(OC)C(OC)(OC(C)C)C(C)CC1=O. The molecule has 0 heterocycles. The van der Waals surface area contributed by atoms with E-state index in [9.17, 15) is 4.79 Å². The quantitative estimate of drug-likeness (QED) is 0.705. The minimum atomic E-state index is -1.07. The van der Waals surface area contributed by atoms with E-state index in [1.165, 1.54) is 14.2 Å².